The van der Waals surface area contributed by atoms with Gasteiger partial charge < -0.3 is 14.0 Å². The smallest absolute Gasteiger partial charge is 0.293 e. The van der Waals surface area contributed by atoms with E-state index in [0.29, 0.717) is 32.0 Å². The maximum Gasteiger partial charge on any atom is 0.293 e. The van der Waals surface area contributed by atoms with Crippen LogP contribution in [0.2, 0.25) is 10.0 Å². The molecule has 0 unspecified atom stereocenters. The number of aromatic nitrogens is 1. The van der Waals surface area contributed by atoms with Crippen molar-refractivity contribution in [2.24, 2.45) is 0 Å². The SMILES string of the molecule is COc1ccc(Oc2ccc(-n3c(C)cc(/C=C4\SC(=O)N(Cc5c(Cl)cccc5Cl)C4=O)c3C)cc2)cc1. The fourth-order valence-corrected chi connectivity index (χ4v) is 5.74. The van der Waals surface area contributed by atoms with Gasteiger partial charge in [-0.2, -0.15) is 0 Å². The molecular weight excluding hydrogens is 555 g/mol. The first kappa shape index (κ1) is 26.9. The molecule has 0 N–H and O–H groups in total. The summed E-state index contributed by atoms with van der Waals surface area (Å²) in [4.78, 5) is 27.4. The first-order chi connectivity index (χ1) is 18.7. The van der Waals surface area contributed by atoms with Crippen LogP contribution in [0.5, 0.6) is 17.2 Å². The topological polar surface area (TPSA) is 60.8 Å². The van der Waals surface area contributed by atoms with Crippen molar-refractivity contribution >= 4 is 52.2 Å². The van der Waals surface area contributed by atoms with Crippen LogP contribution in [0, 0.1) is 13.8 Å². The number of carbonyl (C=O) groups excluding carboxylic acids is 2. The van der Waals surface area contributed by atoms with Crippen molar-refractivity contribution in [1.82, 2.24) is 9.47 Å². The summed E-state index contributed by atoms with van der Waals surface area (Å²) in [6, 6.07) is 22.2. The van der Waals surface area contributed by atoms with Gasteiger partial charge in [0.2, 0.25) is 0 Å². The van der Waals surface area contributed by atoms with Gasteiger partial charge in [-0.25, -0.2) is 0 Å². The number of hydrogen-bond donors (Lipinski definition) is 0. The van der Waals surface area contributed by atoms with Gasteiger partial charge in [-0.15, -0.1) is 0 Å². The van der Waals surface area contributed by atoms with Crippen LogP contribution in [0.1, 0.15) is 22.5 Å². The lowest BCUT2D eigenvalue weighted by Crippen LogP contribution is -2.27. The van der Waals surface area contributed by atoms with E-state index in [1.807, 2.05) is 68.4 Å². The van der Waals surface area contributed by atoms with E-state index in [9.17, 15) is 9.59 Å². The minimum Gasteiger partial charge on any atom is -0.497 e. The fourth-order valence-electron chi connectivity index (χ4n) is 4.39. The highest BCUT2D eigenvalue weighted by atomic mass is 35.5. The molecule has 0 spiro atoms. The summed E-state index contributed by atoms with van der Waals surface area (Å²) >= 11 is 13.4. The molecule has 39 heavy (non-hydrogen) atoms. The summed E-state index contributed by atoms with van der Waals surface area (Å²) in [5.74, 6) is 1.82. The Kier molecular flexibility index (Phi) is 7.75. The number of imide groups is 1. The molecule has 2 heterocycles. The quantitative estimate of drug-likeness (QED) is 0.206. The van der Waals surface area contributed by atoms with Gasteiger partial charge in [-0.05, 0) is 104 Å². The van der Waals surface area contributed by atoms with Gasteiger partial charge in [-0.3, -0.25) is 14.5 Å². The highest BCUT2D eigenvalue weighted by Gasteiger charge is 2.36. The molecule has 9 heteroatoms. The Bertz CT molecular complexity index is 1570. The Hall–Kier alpha value is -3.65. The predicted octanol–water partition coefficient (Wildman–Crippen LogP) is 8.44. The van der Waals surface area contributed by atoms with Crippen molar-refractivity contribution in [3.8, 4) is 22.9 Å². The lowest BCUT2D eigenvalue weighted by Gasteiger charge is -2.14. The standard InChI is InChI=1S/C30H24Cl2N2O4S/c1-18-15-20(16-28-29(35)33(30(36)39-28)17-25-26(31)5-4-6-27(25)32)19(2)34(18)21-7-9-23(10-8-21)38-24-13-11-22(37-3)12-14-24/h4-16H,17H2,1-3H3/b28-16-. The third-order valence-corrected chi connectivity index (χ3v) is 8.01. The zero-order chi connectivity index (χ0) is 27.7. The van der Waals surface area contributed by atoms with E-state index in [0.717, 1.165) is 40.2 Å². The van der Waals surface area contributed by atoms with Gasteiger partial charge in [0.15, 0.2) is 0 Å². The molecule has 1 saturated heterocycles. The van der Waals surface area contributed by atoms with E-state index < -0.39 is 0 Å². The van der Waals surface area contributed by atoms with E-state index in [2.05, 4.69) is 4.57 Å². The fraction of sp³-hybridized carbons (Fsp3) is 0.133. The Morgan fingerprint density at radius 3 is 2.08 bits per heavy atom. The highest BCUT2D eigenvalue weighted by molar-refractivity contribution is 8.18. The summed E-state index contributed by atoms with van der Waals surface area (Å²) in [5, 5.41) is 0.465. The van der Waals surface area contributed by atoms with Gasteiger partial charge in [0, 0.05) is 32.7 Å². The minimum absolute atomic E-state index is 0.0183. The van der Waals surface area contributed by atoms with E-state index in [-0.39, 0.29) is 17.7 Å². The number of benzene rings is 3. The molecule has 1 aromatic heterocycles. The molecule has 0 atom stereocenters. The number of halogens is 2. The van der Waals surface area contributed by atoms with Crippen LogP contribution in [0.25, 0.3) is 11.8 Å². The number of amides is 2. The summed E-state index contributed by atoms with van der Waals surface area (Å²) in [6.07, 6.45) is 1.76. The van der Waals surface area contributed by atoms with Crippen molar-refractivity contribution in [3.63, 3.8) is 0 Å². The largest absolute Gasteiger partial charge is 0.497 e. The van der Waals surface area contributed by atoms with Gasteiger partial charge in [0.05, 0.1) is 18.6 Å². The van der Waals surface area contributed by atoms with Crippen LogP contribution in [-0.2, 0) is 11.3 Å². The Balaban J connectivity index is 1.35. The molecule has 0 saturated carbocycles. The first-order valence-corrected chi connectivity index (χ1v) is 13.6. The van der Waals surface area contributed by atoms with Crippen LogP contribution >= 0.6 is 35.0 Å². The van der Waals surface area contributed by atoms with Crippen molar-refractivity contribution in [1.29, 1.82) is 0 Å². The van der Waals surface area contributed by atoms with Crippen molar-refractivity contribution in [2.45, 2.75) is 20.4 Å². The molecule has 0 bridgehead atoms. The van der Waals surface area contributed by atoms with E-state index in [4.69, 9.17) is 32.7 Å². The molecule has 3 aromatic carbocycles. The maximum absolute atomic E-state index is 13.1. The number of ether oxygens (including phenoxy) is 2. The number of thioether (sulfide) groups is 1. The summed E-state index contributed by atoms with van der Waals surface area (Å²) < 4.78 is 13.2. The van der Waals surface area contributed by atoms with Crippen LogP contribution in [0.3, 0.4) is 0 Å². The molecule has 5 rings (SSSR count). The Labute approximate surface area is 240 Å². The van der Waals surface area contributed by atoms with Crippen molar-refractivity contribution < 1.29 is 19.1 Å². The van der Waals surface area contributed by atoms with Crippen LogP contribution in [-0.4, -0.2) is 27.7 Å². The predicted molar refractivity (Wildman–Crippen MR) is 156 cm³/mol. The molecule has 4 aromatic rings. The molecular formula is C30H24Cl2N2O4S. The van der Waals surface area contributed by atoms with Crippen molar-refractivity contribution in [3.05, 3.63) is 110 Å². The Morgan fingerprint density at radius 1 is 0.872 bits per heavy atom. The van der Waals surface area contributed by atoms with Crippen LogP contribution in [0.15, 0.2) is 77.7 Å². The molecule has 1 fully saturated rings. The highest BCUT2D eigenvalue weighted by Crippen LogP contribution is 2.37. The average Bonchev–Trinajstić information content (AvgIpc) is 3.35. The molecule has 0 aliphatic carbocycles. The monoisotopic (exact) mass is 578 g/mol. The third kappa shape index (κ3) is 5.57. The summed E-state index contributed by atoms with van der Waals surface area (Å²) in [6.45, 7) is 4.00. The number of nitrogens with zero attached hydrogens (tertiary/aromatic N) is 2. The second-order valence-electron chi connectivity index (χ2n) is 8.90. The molecule has 198 valence electrons. The van der Waals surface area contributed by atoms with Crippen molar-refractivity contribution in [2.75, 3.05) is 7.11 Å². The normalized spacial score (nSPS) is 14.4. The number of rotatable bonds is 7. The third-order valence-electron chi connectivity index (χ3n) is 6.40. The van der Waals surface area contributed by atoms with Crippen LogP contribution in [0.4, 0.5) is 4.79 Å². The van der Waals surface area contributed by atoms with Gasteiger partial charge in [0.1, 0.15) is 17.2 Å². The Morgan fingerprint density at radius 2 is 1.46 bits per heavy atom. The number of aryl methyl sites for hydroxylation is 1. The molecule has 6 nitrogen and oxygen atoms in total. The van der Waals surface area contributed by atoms with E-state index in [1.54, 1.807) is 31.4 Å². The zero-order valence-corrected chi connectivity index (χ0v) is 23.7. The second kappa shape index (κ2) is 11.2. The van der Waals surface area contributed by atoms with Gasteiger partial charge in [-0.1, -0.05) is 29.3 Å². The molecule has 1 aliphatic heterocycles. The first-order valence-electron chi connectivity index (χ1n) is 12.0. The summed E-state index contributed by atoms with van der Waals surface area (Å²) in [7, 11) is 1.62. The lowest BCUT2D eigenvalue weighted by atomic mass is 10.2. The number of carbonyl (C=O) groups is 2. The molecule has 2 amide bonds. The lowest BCUT2D eigenvalue weighted by molar-refractivity contribution is -0.123. The van der Waals surface area contributed by atoms with Gasteiger partial charge in [0.25, 0.3) is 11.1 Å². The number of hydrogen-bond acceptors (Lipinski definition) is 5. The molecule has 0 radical (unpaired) electrons. The summed E-state index contributed by atoms with van der Waals surface area (Å²) in [5.41, 5.74) is 4.28. The zero-order valence-electron chi connectivity index (χ0n) is 21.4. The van der Waals surface area contributed by atoms with E-state index >= 15 is 0 Å². The van der Waals surface area contributed by atoms with Crippen LogP contribution < -0.4 is 9.47 Å². The minimum atomic E-state index is -0.370. The second-order valence-corrected chi connectivity index (χ2v) is 10.7. The molecule has 1 aliphatic rings. The average molecular weight is 580 g/mol. The maximum atomic E-state index is 13.1. The number of methoxy groups -OCH3 is 1. The van der Waals surface area contributed by atoms with Gasteiger partial charge >= 0.3 is 0 Å². The van der Waals surface area contributed by atoms with E-state index in [1.165, 1.54) is 4.90 Å².